The summed E-state index contributed by atoms with van der Waals surface area (Å²) in [6.07, 6.45) is 3.74. The first-order valence-electron chi connectivity index (χ1n) is 7.75. The molecule has 1 N–H and O–H groups in total. The molecule has 1 saturated heterocycles. The summed E-state index contributed by atoms with van der Waals surface area (Å²) in [5, 5.41) is 9.09. The Bertz CT molecular complexity index is 593. The van der Waals surface area contributed by atoms with Gasteiger partial charge in [-0.25, -0.2) is 0 Å². The average Bonchev–Trinajstić information content (AvgIpc) is 3.20. The standard InChI is InChI=1S/C17H20BrNO3/c18-13-3-1-2-12(10-13)4-5-15(20)19-8-6-17(7-9-19)11-14(17)16(21)22/h1-3,10,14H,4-9,11H2,(H,21,22). The predicted octanol–water partition coefficient (Wildman–Crippen LogP) is 3.10. The number of aryl methyl sites for hydroxylation is 1. The first-order valence-corrected chi connectivity index (χ1v) is 8.54. The molecule has 0 aromatic heterocycles. The number of nitrogens with zero attached hydrogens (tertiary/aromatic N) is 1. The SMILES string of the molecule is O=C(O)C1CC12CCN(C(=O)CCc1cccc(Br)c1)CC2. The molecule has 2 fully saturated rings. The van der Waals surface area contributed by atoms with Crippen molar-refractivity contribution in [3.63, 3.8) is 0 Å². The van der Waals surface area contributed by atoms with Crippen molar-refractivity contribution < 1.29 is 14.7 Å². The monoisotopic (exact) mass is 365 g/mol. The number of carbonyl (C=O) groups excluding carboxylic acids is 1. The Morgan fingerprint density at radius 2 is 2.05 bits per heavy atom. The lowest BCUT2D eigenvalue weighted by Crippen LogP contribution is -2.40. The maximum atomic E-state index is 12.3. The Hall–Kier alpha value is -1.36. The molecular formula is C17H20BrNO3. The second-order valence-electron chi connectivity index (χ2n) is 6.47. The van der Waals surface area contributed by atoms with Crippen LogP contribution in [0.3, 0.4) is 0 Å². The minimum Gasteiger partial charge on any atom is -0.481 e. The van der Waals surface area contributed by atoms with Gasteiger partial charge < -0.3 is 10.0 Å². The molecule has 118 valence electrons. The van der Waals surface area contributed by atoms with E-state index in [1.165, 1.54) is 0 Å². The number of amides is 1. The molecule has 1 heterocycles. The molecule has 0 bridgehead atoms. The van der Waals surface area contributed by atoms with Gasteiger partial charge in [-0.15, -0.1) is 0 Å². The van der Waals surface area contributed by atoms with Crippen LogP contribution in [0.25, 0.3) is 0 Å². The zero-order chi connectivity index (χ0) is 15.7. The topological polar surface area (TPSA) is 57.6 Å². The van der Waals surface area contributed by atoms with Crippen molar-refractivity contribution in [1.29, 1.82) is 0 Å². The van der Waals surface area contributed by atoms with Gasteiger partial charge in [0.05, 0.1) is 5.92 Å². The number of carboxylic acid groups (broad SMARTS) is 1. The number of hydrogen-bond donors (Lipinski definition) is 1. The number of aliphatic carboxylic acids is 1. The first kappa shape index (κ1) is 15.5. The third-order valence-electron chi connectivity index (χ3n) is 5.12. The van der Waals surface area contributed by atoms with E-state index in [0.717, 1.165) is 35.7 Å². The van der Waals surface area contributed by atoms with Gasteiger partial charge in [-0.2, -0.15) is 0 Å². The minimum absolute atomic E-state index is 0.00704. The fourth-order valence-electron chi connectivity index (χ4n) is 3.55. The average molecular weight is 366 g/mol. The third kappa shape index (κ3) is 3.19. The zero-order valence-corrected chi connectivity index (χ0v) is 14.0. The molecular weight excluding hydrogens is 346 g/mol. The highest BCUT2D eigenvalue weighted by Crippen LogP contribution is 2.59. The molecule has 22 heavy (non-hydrogen) atoms. The largest absolute Gasteiger partial charge is 0.481 e. The van der Waals surface area contributed by atoms with Crippen LogP contribution in [-0.4, -0.2) is 35.0 Å². The van der Waals surface area contributed by atoms with E-state index in [4.69, 9.17) is 5.11 Å². The quantitative estimate of drug-likeness (QED) is 0.891. The van der Waals surface area contributed by atoms with Crippen molar-refractivity contribution in [3.8, 4) is 0 Å². The van der Waals surface area contributed by atoms with E-state index < -0.39 is 5.97 Å². The highest BCUT2D eigenvalue weighted by atomic mass is 79.9. The third-order valence-corrected chi connectivity index (χ3v) is 5.61. The zero-order valence-electron chi connectivity index (χ0n) is 12.4. The van der Waals surface area contributed by atoms with Crippen LogP contribution < -0.4 is 0 Å². The number of benzene rings is 1. The van der Waals surface area contributed by atoms with Crippen molar-refractivity contribution in [3.05, 3.63) is 34.3 Å². The molecule has 1 atom stereocenters. The number of halogens is 1. The number of piperidine rings is 1. The van der Waals surface area contributed by atoms with Gasteiger partial charge in [-0.05, 0) is 48.8 Å². The molecule has 1 amide bonds. The van der Waals surface area contributed by atoms with Crippen LogP contribution in [0.5, 0.6) is 0 Å². The van der Waals surface area contributed by atoms with Gasteiger partial charge in [0.2, 0.25) is 5.91 Å². The van der Waals surface area contributed by atoms with Crippen molar-refractivity contribution in [2.45, 2.75) is 32.1 Å². The second kappa shape index (κ2) is 6.03. The van der Waals surface area contributed by atoms with Crippen molar-refractivity contribution in [2.75, 3.05) is 13.1 Å². The molecule has 1 aliphatic heterocycles. The van der Waals surface area contributed by atoms with Gasteiger partial charge in [-0.1, -0.05) is 28.1 Å². The fraction of sp³-hybridized carbons (Fsp3) is 0.529. The number of carbonyl (C=O) groups is 2. The van der Waals surface area contributed by atoms with Gasteiger partial charge in [0.1, 0.15) is 0 Å². The Balaban J connectivity index is 1.47. The summed E-state index contributed by atoms with van der Waals surface area (Å²) in [5.74, 6) is -0.664. The molecule has 3 rings (SSSR count). The summed E-state index contributed by atoms with van der Waals surface area (Å²) in [6, 6.07) is 8.03. The number of likely N-dealkylation sites (tertiary alicyclic amines) is 1. The van der Waals surface area contributed by atoms with Crippen LogP contribution in [0.15, 0.2) is 28.7 Å². The van der Waals surface area contributed by atoms with E-state index in [1.807, 2.05) is 29.2 Å². The first-order chi connectivity index (χ1) is 10.5. The lowest BCUT2D eigenvalue weighted by Gasteiger charge is -2.32. The molecule has 2 aliphatic rings. The maximum Gasteiger partial charge on any atom is 0.307 e. The van der Waals surface area contributed by atoms with Crippen LogP contribution >= 0.6 is 15.9 Å². The summed E-state index contributed by atoms with van der Waals surface area (Å²) < 4.78 is 1.03. The van der Waals surface area contributed by atoms with Gasteiger partial charge in [-0.3, -0.25) is 9.59 Å². The Morgan fingerprint density at radius 3 is 2.64 bits per heavy atom. The predicted molar refractivity (Wildman–Crippen MR) is 86.5 cm³/mol. The maximum absolute atomic E-state index is 12.3. The van der Waals surface area contributed by atoms with E-state index >= 15 is 0 Å². The molecule has 1 spiro atoms. The van der Waals surface area contributed by atoms with E-state index in [9.17, 15) is 9.59 Å². The summed E-state index contributed by atoms with van der Waals surface area (Å²) in [5.41, 5.74) is 1.15. The van der Waals surface area contributed by atoms with E-state index in [1.54, 1.807) is 0 Å². The highest BCUT2D eigenvalue weighted by molar-refractivity contribution is 9.10. The molecule has 1 unspecified atom stereocenters. The molecule has 1 aromatic carbocycles. The summed E-state index contributed by atoms with van der Waals surface area (Å²) >= 11 is 3.44. The van der Waals surface area contributed by atoms with E-state index in [2.05, 4.69) is 15.9 Å². The number of rotatable bonds is 4. The van der Waals surface area contributed by atoms with Crippen molar-refractivity contribution >= 4 is 27.8 Å². The van der Waals surface area contributed by atoms with Crippen LogP contribution in [0.2, 0.25) is 0 Å². The lowest BCUT2D eigenvalue weighted by atomic mass is 9.90. The summed E-state index contributed by atoms with van der Waals surface area (Å²) in [7, 11) is 0. The summed E-state index contributed by atoms with van der Waals surface area (Å²) in [4.78, 5) is 25.3. The number of hydrogen-bond acceptors (Lipinski definition) is 2. The normalized spacial score (nSPS) is 22.6. The molecule has 0 radical (unpaired) electrons. The highest BCUT2D eigenvalue weighted by Gasteiger charge is 2.59. The number of carboxylic acids is 1. The minimum atomic E-state index is -0.672. The van der Waals surface area contributed by atoms with Gasteiger partial charge in [0, 0.05) is 24.0 Å². The van der Waals surface area contributed by atoms with Gasteiger partial charge in [0.25, 0.3) is 0 Å². The summed E-state index contributed by atoms with van der Waals surface area (Å²) in [6.45, 7) is 1.42. The molecule has 1 aromatic rings. The molecule has 4 nitrogen and oxygen atoms in total. The van der Waals surface area contributed by atoms with Gasteiger partial charge >= 0.3 is 5.97 Å². The molecule has 1 aliphatic carbocycles. The van der Waals surface area contributed by atoms with E-state index in [0.29, 0.717) is 19.5 Å². The van der Waals surface area contributed by atoms with Crippen LogP contribution in [0.1, 0.15) is 31.2 Å². The van der Waals surface area contributed by atoms with Crippen LogP contribution in [0, 0.1) is 11.3 Å². The lowest BCUT2D eigenvalue weighted by molar-refractivity contribution is -0.139. The second-order valence-corrected chi connectivity index (χ2v) is 7.38. The van der Waals surface area contributed by atoms with Crippen molar-refractivity contribution in [1.82, 2.24) is 4.90 Å². The Kier molecular flexibility index (Phi) is 4.26. The van der Waals surface area contributed by atoms with Gasteiger partial charge in [0.15, 0.2) is 0 Å². The smallest absolute Gasteiger partial charge is 0.307 e. The van der Waals surface area contributed by atoms with Crippen LogP contribution in [0.4, 0.5) is 0 Å². The van der Waals surface area contributed by atoms with Crippen LogP contribution in [-0.2, 0) is 16.0 Å². The Labute approximate surface area is 138 Å². The Morgan fingerprint density at radius 1 is 1.32 bits per heavy atom. The molecule has 5 heteroatoms. The van der Waals surface area contributed by atoms with Crippen molar-refractivity contribution in [2.24, 2.45) is 11.3 Å². The fourth-order valence-corrected chi connectivity index (χ4v) is 4.00. The van der Waals surface area contributed by atoms with E-state index in [-0.39, 0.29) is 17.2 Å². The molecule has 1 saturated carbocycles.